The van der Waals surface area contributed by atoms with Crippen molar-refractivity contribution < 1.29 is 27.4 Å². The van der Waals surface area contributed by atoms with E-state index < -0.39 is 15.6 Å². The lowest BCUT2D eigenvalue weighted by atomic mass is 10.2. The molecule has 0 radical (unpaired) electrons. The SMILES string of the molecule is COc1ccc(COc2ccc(Oc3c(Cl)cc(Br)cc3Cl)cc2S(=O)(=O)NC2(C(=O)NC3CC3)CC2)cc1. The van der Waals surface area contributed by atoms with Crippen molar-refractivity contribution in [2.75, 3.05) is 7.11 Å². The number of hydrogen-bond donors (Lipinski definition) is 2. The molecule has 0 saturated heterocycles. The number of nitrogens with one attached hydrogen (secondary N) is 2. The summed E-state index contributed by atoms with van der Waals surface area (Å²) in [4.78, 5) is 12.6. The van der Waals surface area contributed by atoms with Crippen LogP contribution in [0.5, 0.6) is 23.0 Å². The van der Waals surface area contributed by atoms with Crippen LogP contribution in [-0.2, 0) is 21.4 Å². The molecule has 0 bridgehead atoms. The van der Waals surface area contributed by atoms with Crippen LogP contribution in [0.3, 0.4) is 0 Å². The van der Waals surface area contributed by atoms with Crippen LogP contribution in [0.4, 0.5) is 0 Å². The summed E-state index contributed by atoms with van der Waals surface area (Å²) < 4.78 is 47.7. The normalized spacial score (nSPS) is 15.9. The minimum absolute atomic E-state index is 0.0945. The average Bonchev–Trinajstić information content (AvgIpc) is 3.83. The summed E-state index contributed by atoms with van der Waals surface area (Å²) in [5.74, 6) is 0.821. The van der Waals surface area contributed by atoms with E-state index in [0.29, 0.717) is 23.1 Å². The number of halogens is 3. The fourth-order valence-corrected chi connectivity index (χ4v) is 6.74. The molecule has 2 saturated carbocycles. The third-order valence-electron chi connectivity index (χ3n) is 6.37. The van der Waals surface area contributed by atoms with Crippen LogP contribution in [0.15, 0.2) is 64.0 Å². The number of sulfonamides is 1. The Morgan fingerprint density at radius 2 is 1.67 bits per heavy atom. The molecule has 0 aromatic heterocycles. The molecule has 3 aromatic carbocycles. The van der Waals surface area contributed by atoms with Crippen molar-refractivity contribution in [1.82, 2.24) is 10.0 Å². The summed E-state index contributed by atoms with van der Waals surface area (Å²) in [5, 5.41) is 3.38. The van der Waals surface area contributed by atoms with Crippen LogP contribution in [-0.4, -0.2) is 33.0 Å². The lowest BCUT2D eigenvalue weighted by Gasteiger charge is -2.20. The first-order chi connectivity index (χ1) is 18.6. The van der Waals surface area contributed by atoms with Gasteiger partial charge in [0.05, 0.1) is 17.2 Å². The van der Waals surface area contributed by atoms with Crippen LogP contribution in [0.1, 0.15) is 31.2 Å². The molecular formula is C27H25BrCl2N2O6S. The first kappa shape index (κ1) is 28.0. The Bertz CT molecular complexity index is 1490. The summed E-state index contributed by atoms with van der Waals surface area (Å²) >= 11 is 15.9. The first-order valence-electron chi connectivity index (χ1n) is 12.2. The van der Waals surface area contributed by atoms with E-state index in [1.807, 2.05) is 12.1 Å². The molecule has 5 rings (SSSR count). The quantitative estimate of drug-likeness (QED) is 0.254. The molecule has 8 nitrogen and oxygen atoms in total. The van der Waals surface area contributed by atoms with E-state index >= 15 is 0 Å². The van der Waals surface area contributed by atoms with Crippen LogP contribution in [0.2, 0.25) is 10.0 Å². The maximum atomic E-state index is 13.7. The van der Waals surface area contributed by atoms with Crippen molar-refractivity contribution in [3.63, 3.8) is 0 Å². The van der Waals surface area contributed by atoms with Gasteiger partial charge in [-0.1, -0.05) is 51.3 Å². The van der Waals surface area contributed by atoms with Crippen LogP contribution >= 0.6 is 39.1 Å². The van der Waals surface area contributed by atoms with E-state index in [2.05, 4.69) is 26.0 Å². The lowest BCUT2D eigenvalue weighted by molar-refractivity contribution is -0.123. The highest BCUT2D eigenvalue weighted by atomic mass is 79.9. The fourth-order valence-electron chi connectivity index (χ4n) is 3.87. The molecule has 2 aliphatic rings. The van der Waals surface area contributed by atoms with Crippen molar-refractivity contribution in [3.05, 3.63) is 74.7 Å². The van der Waals surface area contributed by atoms with Gasteiger partial charge in [0, 0.05) is 16.6 Å². The number of ether oxygens (including phenoxy) is 3. The van der Waals surface area contributed by atoms with E-state index in [0.717, 1.165) is 18.4 Å². The Morgan fingerprint density at radius 1 is 1.03 bits per heavy atom. The number of hydrogen-bond acceptors (Lipinski definition) is 6. The molecule has 0 atom stereocenters. The number of rotatable bonds is 11. The second-order valence-electron chi connectivity index (χ2n) is 9.48. The Kier molecular flexibility index (Phi) is 8.03. The van der Waals surface area contributed by atoms with Crippen molar-refractivity contribution in [2.45, 2.75) is 48.8 Å². The number of benzene rings is 3. The maximum Gasteiger partial charge on any atom is 0.245 e. The van der Waals surface area contributed by atoms with Gasteiger partial charge in [0.2, 0.25) is 15.9 Å². The summed E-state index contributed by atoms with van der Waals surface area (Å²) in [5.41, 5.74) is -0.368. The Balaban J connectivity index is 1.45. The van der Waals surface area contributed by atoms with Crippen LogP contribution < -0.4 is 24.2 Å². The minimum atomic E-state index is -4.21. The number of methoxy groups -OCH3 is 1. The first-order valence-corrected chi connectivity index (χ1v) is 15.2. The third kappa shape index (κ3) is 6.63. The summed E-state index contributed by atoms with van der Waals surface area (Å²) in [6, 6.07) is 14.9. The molecule has 0 unspecified atom stereocenters. The van der Waals surface area contributed by atoms with Gasteiger partial charge in [-0.25, -0.2) is 8.42 Å². The lowest BCUT2D eigenvalue weighted by Crippen LogP contribution is -2.49. The van der Waals surface area contributed by atoms with Gasteiger partial charge in [0.25, 0.3) is 0 Å². The van der Waals surface area contributed by atoms with Crippen LogP contribution in [0, 0.1) is 0 Å². The van der Waals surface area contributed by atoms with Gasteiger partial charge in [0.1, 0.15) is 34.3 Å². The van der Waals surface area contributed by atoms with Gasteiger partial charge in [-0.3, -0.25) is 4.79 Å². The maximum absolute atomic E-state index is 13.7. The van der Waals surface area contributed by atoms with Crippen LogP contribution in [0.25, 0.3) is 0 Å². The van der Waals surface area contributed by atoms with Crippen molar-refractivity contribution in [1.29, 1.82) is 0 Å². The van der Waals surface area contributed by atoms with E-state index in [1.165, 1.54) is 12.1 Å². The molecule has 2 aliphatic carbocycles. The second kappa shape index (κ2) is 11.2. The van der Waals surface area contributed by atoms with E-state index in [1.54, 1.807) is 37.4 Å². The fraction of sp³-hybridized carbons (Fsp3) is 0.296. The van der Waals surface area contributed by atoms with E-state index in [4.69, 9.17) is 37.4 Å². The highest BCUT2D eigenvalue weighted by Gasteiger charge is 2.54. The Hall–Kier alpha value is -2.50. The molecule has 206 valence electrons. The number of carbonyl (C=O) groups excluding carboxylic acids is 1. The van der Waals surface area contributed by atoms with Gasteiger partial charge in [-0.15, -0.1) is 0 Å². The monoisotopic (exact) mass is 654 g/mol. The molecule has 0 heterocycles. The van der Waals surface area contributed by atoms with Crippen molar-refractivity contribution >= 4 is 55.1 Å². The molecule has 0 spiro atoms. The van der Waals surface area contributed by atoms with E-state index in [9.17, 15) is 13.2 Å². The average molecular weight is 656 g/mol. The minimum Gasteiger partial charge on any atom is -0.497 e. The van der Waals surface area contributed by atoms with Gasteiger partial charge < -0.3 is 19.5 Å². The third-order valence-corrected chi connectivity index (χ3v) is 8.94. The topological polar surface area (TPSA) is 103 Å². The highest BCUT2D eigenvalue weighted by Crippen LogP contribution is 2.42. The number of carbonyl (C=O) groups is 1. The number of amides is 1. The zero-order valence-electron chi connectivity index (χ0n) is 20.8. The smallest absolute Gasteiger partial charge is 0.245 e. The Morgan fingerprint density at radius 3 is 2.26 bits per heavy atom. The molecule has 1 amide bonds. The molecule has 12 heteroatoms. The predicted octanol–water partition coefficient (Wildman–Crippen LogP) is 6.23. The highest BCUT2D eigenvalue weighted by molar-refractivity contribution is 9.10. The van der Waals surface area contributed by atoms with Gasteiger partial charge in [0.15, 0.2) is 5.75 Å². The van der Waals surface area contributed by atoms with Gasteiger partial charge in [-0.05, 0) is 67.6 Å². The predicted molar refractivity (Wildman–Crippen MR) is 151 cm³/mol. The van der Waals surface area contributed by atoms with Gasteiger partial charge in [-0.2, -0.15) is 4.72 Å². The van der Waals surface area contributed by atoms with Crippen molar-refractivity contribution in [2.24, 2.45) is 0 Å². The summed E-state index contributed by atoms with van der Waals surface area (Å²) in [6.07, 6.45) is 2.62. The standard InChI is InChI=1S/C27H25BrCl2N2O6S/c1-36-19-6-2-16(3-7-19)15-37-23-9-8-20(38-25-21(29)12-17(28)13-22(25)30)14-24(23)39(34,35)32-27(10-11-27)26(33)31-18-4-5-18/h2-3,6-9,12-14,18,32H,4-5,10-11,15H2,1H3,(H,31,33). The molecule has 2 N–H and O–H groups in total. The Labute approximate surface area is 245 Å². The molecule has 3 aromatic rings. The molecule has 0 aliphatic heterocycles. The largest absolute Gasteiger partial charge is 0.497 e. The summed E-state index contributed by atoms with van der Waals surface area (Å²) in [7, 11) is -2.64. The van der Waals surface area contributed by atoms with Crippen molar-refractivity contribution in [3.8, 4) is 23.0 Å². The molecule has 39 heavy (non-hydrogen) atoms. The molecule has 2 fully saturated rings. The second-order valence-corrected chi connectivity index (χ2v) is 12.9. The molecular weight excluding hydrogens is 631 g/mol. The zero-order chi connectivity index (χ0) is 27.8. The van der Waals surface area contributed by atoms with E-state index in [-0.39, 0.29) is 50.7 Å². The van der Waals surface area contributed by atoms with Gasteiger partial charge >= 0.3 is 0 Å². The summed E-state index contributed by atoms with van der Waals surface area (Å²) in [6.45, 7) is 0.102. The zero-order valence-corrected chi connectivity index (χ0v) is 24.7.